The van der Waals surface area contributed by atoms with E-state index in [1.54, 1.807) is 11.1 Å². The number of carbonyl (C=O) groups excluding carboxylic acids is 1. The largest absolute Gasteiger partial charge is 0.393 e. The van der Waals surface area contributed by atoms with Gasteiger partial charge in [0.1, 0.15) is 17.2 Å². The Morgan fingerprint density at radius 3 is 2.65 bits per heavy atom. The number of aliphatic hydroxyl groups is 1. The van der Waals surface area contributed by atoms with Gasteiger partial charge in [-0.15, -0.1) is 0 Å². The normalized spacial score (nSPS) is 22.8. The van der Waals surface area contributed by atoms with Crippen molar-refractivity contribution in [2.24, 2.45) is 0 Å². The summed E-state index contributed by atoms with van der Waals surface area (Å²) in [7, 11) is 0. The van der Waals surface area contributed by atoms with Gasteiger partial charge in [0.05, 0.1) is 24.0 Å². The van der Waals surface area contributed by atoms with Gasteiger partial charge in [0, 0.05) is 32.1 Å². The summed E-state index contributed by atoms with van der Waals surface area (Å²) in [4.78, 5) is 27.4. The summed E-state index contributed by atoms with van der Waals surface area (Å²) in [5, 5.41) is 16.1. The molecule has 1 amide bonds. The van der Waals surface area contributed by atoms with Gasteiger partial charge in [-0.3, -0.25) is 9.36 Å². The Morgan fingerprint density at radius 1 is 1.15 bits per heavy atom. The lowest BCUT2D eigenvalue weighted by atomic mass is 9.93. The van der Waals surface area contributed by atoms with Crippen LogP contribution in [0.2, 0.25) is 0 Å². The lowest BCUT2D eigenvalue weighted by Crippen LogP contribution is -2.29. The van der Waals surface area contributed by atoms with Crippen LogP contribution in [0, 0.1) is 11.6 Å². The van der Waals surface area contributed by atoms with E-state index in [4.69, 9.17) is 4.98 Å². The van der Waals surface area contributed by atoms with E-state index >= 15 is 0 Å². The highest BCUT2D eigenvalue weighted by atomic mass is 19.1. The number of nitrogens with one attached hydrogen (secondary N) is 2. The first kappa shape index (κ1) is 22.5. The molecule has 11 heteroatoms. The highest BCUT2D eigenvalue weighted by Gasteiger charge is 2.30. The first-order chi connectivity index (χ1) is 16.4. The van der Waals surface area contributed by atoms with Gasteiger partial charge < -0.3 is 20.6 Å². The molecule has 2 aliphatic rings. The third kappa shape index (κ3) is 4.52. The Morgan fingerprint density at radius 2 is 1.94 bits per heavy atom. The van der Waals surface area contributed by atoms with E-state index in [1.807, 2.05) is 4.57 Å². The number of hydrogen-bond donors (Lipinski definition) is 3. The minimum Gasteiger partial charge on any atom is -0.393 e. The fourth-order valence-electron chi connectivity index (χ4n) is 4.75. The van der Waals surface area contributed by atoms with Gasteiger partial charge in [-0.05, 0) is 44.2 Å². The zero-order valence-corrected chi connectivity index (χ0v) is 18.8. The molecule has 1 aliphatic carbocycles. The van der Waals surface area contributed by atoms with Gasteiger partial charge in [-0.1, -0.05) is 0 Å². The number of anilines is 3. The van der Waals surface area contributed by atoms with Crippen LogP contribution < -0.4 is 10.6 Å². The number of likely N-dealkylation sites (tertiary alicyclic amines) is 1. The summed E-state index contributed by atoms with van der Waals surface area (Å²) >= 11 is 0. The number of nitrogens with zero attached hydrogens (tertiary/aromatic N) is 5. The lowest BCUT2D eigenvalue weighted by molar-refractivity contribution is -0.127. The Labute approximate surface area is 195 Å². The third-order valence-electron chi connectivity index (χ3n) is 6.61. The van der Waals surface area contributed by atoms with Gasteiger partial charge in [-0.25, -0.2) is 18.7 Å². The summed E-state index contributed by atoms with van der Waals surface area (Å²) in [6.45, 7) is 2.62. The van der Waals surface area contributed by atoms with Gasteiger partial charge >= 0.3 is 0 Å². The van der Waals surface area contributed by atoms with E-state index in [9.17, 15) is 18.7 Å². The average molecular weight is 472 g/mol. The number of rotatable bonds is 5. The number of aromatic nitrogens is 4. The number of imidazole rings is 1. The predicted octanol–water partition coefficient (Wildman–Crippen LogP) is 3.36. The van der Waals surface area contributed by atoms with Crippen molar-refractivity contribution in [1.29, 1.82) is 0 Å². The van der Waals surface area contributed by atoms with Crippen LogP contribution in [0.4, 0.5) is 26.4 Å². The Bertz CT molecular complexity index is 1210. The fraction of sp³-hybridized carbons (Fsp3) is 0.478. The van der Waals surface area contributed by atoms with Gasteiger partial charge in [0.25, 0.3) is 0 Å². The lowest BCUT2D eigenvalue weighted by Gasteiger charge is -2.26. The predicted molar refractivity (Wildman–Crippen MR) is 123 cm³/mol. The van der Waals surface area contributed by atoms with Crippen LogP contribution in [0.5, 0.6) is 0 Å². The minimum absolute atomic E-state index is 0.0116. The Balaban J connectivity index is 1.50. The zero-order valence-electron chi connectivity index (χ0n) is 18.8. The fourth-order valence-corrected chi connectivity index (χ4v) is 4.75. The van der Waals surface area contributed by atoms with Crippen LogP contribution in [0.25, 0.3) is 11.2 Å². The van der Waals surface area contributed by atoms with E-state index < -0.39 is 11.6 Å². The molecule has 9 nitrogen and oxygen atoms in total. The highest BCUT2D eigenvalue weighted by Crippen LogP contribution is 2.32. The topological polar surface area (TPSA) is 108 Å². The molecule has 180 valence electrons. The zero-order chi connectivity index (χ0) is 23.8. The molecule has 0 unspecified atom stereocenters. The first-order valence-electron chi connectivity index (χ1n) is 11.5. The number of hydrogen-bond acceptors (Lipinski definition) is 7. The number of carbonyl (C=O) groups is 1. The molecule has 2 fully saturated rings. The van der Waals surface area contributed by atoms with Gasteiger partial charge in [-0.2, -0.15) is 4.98 Å². The van der Waals surface area contributed by atoms with Crippen molar-refractivity contribution < 1.29 is 18.7 Å². The average Bonchev–Trinajstić information content (AvgIpc) is 3.41. The smallest absolute Gasteiger partial charge is 0.224 e. The van der Waals surface area contributed by atoms with Crippen molar-refractivity contribution in [2.75, 3.05) is 23.7 Å². The van der Waals surface area contributed by atoms with E-state index in [0.717, 1.165) is 31.7 Å². The SMILES string of the molecule is CC(=O)N1CC[C@H](n2c(Nc3ccc(F)cc3F)nc3cnc(NC4CCC(O)CC4)nc32)C1. The highest BCUT2D eigenvalue weighted by molar-refractivity contribution is 5.77. The van der Waals surface area contributed by atoms with Crippen LogP contribution in [0.15, 0.2) is 24.4 Å². The van der Waals surface area contributed by atoms with Crippen molar-refractivity contribution in [1.82, 2.24) is 24.4 Å². The second-order valence-corrected chi connectivity index (χ2v) is 9.01. The van der Waals surface area contributed by atoms with Crippen LogP contribution >= 0.6 is 0 Å². The maximum atomic E-state index is 14.4. The molecule has 1 saturated carbocycles. The number of aliphatic hydroxyl groups excluding tert-OH is 1. The molecule has 1 aliphatic heterocycles. The molecule has 34 heavy (non-hydrogen) atoms. The minimum atomic E-state index is -0.733. The number of benzene rings is 1. The van der Waals surface area contributed by atoms with Crippen molar-refractivity contribution in [3.05, 3.63) is 36.0 Å². The summed E-state index contributed by atoms with van der Waals surface area (Å²) in [6.07, 6.45) is 5.18. The maximum Gasteiger partial charge on any atom is 0.224 e. The molecule has 3 heterocycles. The Hall–Kier alpha value is -3.34. The second-order valence-electron chi connectivity index (χ2n) is 9.01. The van der Waals surface area contributed by atoms with Crippen molar-refractivity contribution in [3.63, 3.8) is 0 Å². The molecule has 3 N–H and O–H groups in total. The molecule has 1 saturated heterocycles. The Kier molecular flexibility index (Phi) is 6.03. The summed E-state index contributed by atoms with van der Waals surface area (Å²) < 4.78 is 29.6. The van der Waals surface area contributed by atoms with E-state index in [0.29, 0.717) is 42.6 Å². The molecule has 1 atom stereocenters. The van der Waals surface area contributed by atoms with E-state index in [1.165, 1.54) is 19.1 Å². The number of fused-ring (bicyclic) bond motifs is 1. The molecule has 3 aromatic rings. The van der Waals surface area contributed by atoms with E-state index in [2.05, 4.69) is 20.6 Å². The quantitative estimate of drug-likeness (QED) is 0.524. The van der Waals surface area contributed by atoms with Gasteiger partial charge in [0.15, 0.2) is 5.65 Å². The molecule has 0 radical (unpaired) electrons. The second kappa shape index (κ2) is 9.13. The maximum absolute atomic E-state index is 14.4. The van der Waals surface area contributed by atoms with Crippen LogP contribution in [0.3, 0.4) is 0 Å². The summed E-state index contributed by atoms with van der Waals surface area (Å²) in [6, 6.07) is 3.36. The van der Waals surface area contributed by atoms with Crippen LogP contribution in [0.1, 0.15) is 45.1 Å². The van der Waals surface area contributed by atoms with E-state index in [-0.39, 0.29) is 29.8 Å². The molecule has 0 spiro atoms. The molecule has 0 bridgehead atoms. The molecule has 2 aromatic heterocycles. The molecular weight excluding hydrogens is 444 g/mol. The third-order valence-corrected chi connectivity index (χ3v) is 6.61. The molecular formula is C23H27F2N7O2. The molecule has 5 rings (SSSR count). The van der Waals surface area contributed by atoms with Crippen LogP contribution in [-0.4, -0.2) is 60.7 Å². The number of halogens is 2. The standard InChI is InChI=1S/C23H27F2N7O2/c1-13(33)31-9-8-16(12-31)32-21-20(29-23(32)28-19-7-2-14(24)10-18(19)25)11-26-22(30-21)27-15-3-5-17(34)6-4-15/h2,7,10-11,15-17,34H,3-6,8-9,12H2,1H3,(H,28,29)(H,26,27,30)/t15?,16-,17?/m0/s1. The molecule has 1 aromatic carbocycles. The monoisotopic (exact) mass is 471 g/mol. The van der Waals surface area contributed by atoms with Gasteiger partial charge in [0.2, 0.25) is 17.8 Å². The van der Waals surface area contributed by atoms with Crippen LogP contribution in [-0.2, 0) is 4.79 Å². The summed E-state index contributed by atoms with van der Waals surface area (Å²) in [5.74, 6) is -0.605. The van der Waals surface area contributed by atoms with Crippen molar-refractivity contribution in [3.8, 4) is 0 Å². The van der Waals surface area contributed by atoms with Crippen molar-refractivity contribution >= 4 is 34.7 Å². The summed E-state index contributed by atoms with van der Waals surface area (Å²) in [5.41, 5.74) is 1.18. The number of amides is 1. The first-order valence-corrected chi connectivity index (χ1v) is 11.5. The van der Waals surface area contributed by atoms with Crippen molar-refractivity contribution in [2.45, 2.75) is 57.2 Å².